The van der Waals surface area contributed by atoms with E-state index in [1.165, 1.54) is 37.8 Å². The molecule has 2 amide bonds. The lowest BCUT2D eigenvalue weighted by atomic mass is 9.93. The molecule has 0 bridgehead atoms. The van der Waals surface area contributed by atoms with Gasteiger partial charge in [-0.25, -0.2) is 9.18 Å². The Labute approximate surface area is 216 Å². The first-order valence-electron chi connectivity index (χ1n) is 12.1. The van der Waals surface area contributed by atoms with Crippen LogP contribution in [0.4, 0.5) is 14.9 Å². The van der Waals surface area contributed by atoms with E-state index in [-0.39, 0.29) is 17.8 Å². The fraction of sp³-hybridized carbons (Fsp3) is 0.321. The molecule has 0 aromatic heterocycles. The number of halogens is 3. The highest BCUT2D eigenvalue weighted by Crippen LogP contribution is 2.26. The minimum atomic E-state index is -0.306. The Morgan fingerprint density at radius 1 is 0.914 bits per heavy atom. The van der Waals surface area contributed by atoms with Crippen molar-refractivity contribution in [3.05, 3.63) is 88.2 Å². The Morgan fingerprint density at radius 3 is 2.14 bits per heavy atom. The van der Waals surface area contributed by atoms with Crippen molar-refractivity contribution in [1.29, 1.82) is 0 Å². The SMILES string of the molecule is O=C(NCC(CCNC1CCCC1)c1ccc(-c2ccc(F)cc2)cc1)Nc1cc(Cl)cc(Cl)c1. The van der Waals surface area contributed by atoms with Crippen LogP contribution in [-0.2, 0) is 0 Å². The summed E-state index contributed by atoms with van der Waals surface area (Å²) in [6.07, 6.45) is 5.96. The maximum Gasteiger partial charge on any atom is 0.319 e. The molecule has 0 saturated heterocycles. The molecule has 4 nitrogen and oxygen atoms in total. The largest absolute Gasteiger partial charge is 0.337 e. The fourth-order valence-corrected chi connectivity index (χ4v) is 5.11. The van der Waals surface area contributed by atoms with E-state index in [1.54, 1.807) is 30.3 Å². The zero-order chi connectivity index (χ0) is 24.6. The molecule has 184 valence electrons. The Morgan fingerprint density at radius 2 is 1.51 bits per heavy atom. The normalized spacial score (nSPS) is 14.6. The van der Waals surface area contributed by atoms with Gasteiger partial charge in [-0.15, -0.1) is 0 Å². The molecule has 1 saturated carbocycles. The number of hydrogen-bond donors (Lipinski definition) is 3. The molecule has 1 unspecified atom stereocenters. The van der Waals surface area contributed by atoms with Crippen molar-refractivity contribution in [3.63, 3.8) is 0 Å². The summed E-state index contributed by atoms with van der Waals surface area (Å²) < 4.78 is 13.3. The lowest BCUT2D eigenvalue weighted by molar-refractivity contribution is 0.251. The molecule has 1 aliphatic rings. The van der Waals surface area contributed by atoms with Crippen LogP contribution in [0.1, 0.15) is 43.6 Å². The highest BCUT2D eigenvalue weighted by atomic mass is 35.5. The van der Waals surface area contributed by atoms with Crippen LogP contribution in [0.15, 0.2) is 66.7 Å². The van der Waals surface area contributed by atoms with Crippen LogP contribution in [0, 0.1) is 5.82 Å². The number of nitrogens with one attached hydrogen (secondary N) is 3. The van der Waals surface area contributed by atoms with Crippen LogP contribution >= 0.6 is 23.2 Å². The zero-order valence-corrected chi connectivity index (χ0v) is 21.0. The second-order valence-corrected chi connectivity index (χ2v) is 9.92. The summed E-state index contributed by atoms with van der Waals surface area (Å²) in [6.45, 7) is 1.38. The zero-order valence-electron chi connectivity index (χ0n) is 19.5. The van der Waals surface area contributed by atoms with Crippen molar-refractivity contribution >= 4 is 34.9 Å². The van der Waals surface area contributed by atoms with Gasteiger partial charge in [0.05, 0.1) is 0 Å². The van der Waals surface area contributed by atoms with Gasteiger partial charge in [0, 0.05) is 34.2 Å². The number of urea groups is 1. The molecule has 0 spiro atoms. The van der Waals surface area contributed by atoms with Crippen LogP contribution < -0.4 is 16.0 Å². The Kier molecular flexibility index (Phi) is 9.02. The molecule has 0 aliphatic heterocycles. The van der Waals surface area contributed by atoms with Gasteiger partial charge in [-0.05, 0) is 72.8 Å². The van der Waals surface area contributed by atoms with E-state index in [2.05, 4.69) is 28.1 Å². The lowest BCUT2D eigenvalue weighted by Gasteiger charge is -2.21. The number of benzene rings is 3. The molecule has 1 atom stereocenters. The second kappa shape index (κ2) is 12.4. The molecule has 35 heavy (non-hydrogen) atoms. The third kappa shape index (κ3) is 7.69. The van der Waals surface area contributed by atoms with Crippen LogP contribution in [0.5, 0.6) is 0 Å². The van der Waals surface area contributed by atoms with E-state index in [1.807, 2.05) is 12.1 Å². The van der Waals surface area contributed by atoms with E-state index in [0.29, 0.717) is 28.3 Å². The number of anilines is 1. The van der Waals surface area contributed by atoms with Crippen molar-refractivity contribution in [2.24, 2.45) is 0 Å². The predicted octanol–water partition coefficient (Wildman–Crippen LogP) is 7.63. The number of hydrogen-bond acceptors (Lipinski definition) is 2. The van der Waals surface area contributed by atoms with Gasteiger partial charge in [0.2, 0.25) is 0 Å². The topological polar surface area (TPSA) is 53.2 Å². The monoisotopic (exact) mass is 513 g/mol. The third-order valence-corrected chi connectivity index (χ3v) is 6.91. The highest BCUT2D eigenvalue weighted by Gasteiger charge is 2.17. The van der Waals surface area contributed by atoms with E-state index >= 15 is 0 Å². The van der Waals surface area contributed by atoms with Crippen LogP contribution in [-0.4, -0.2) is 25.2 Å². The molecule has 1 fully saturated rings. The van der Waals surface area contributed by atoms with Gasteiger partial charge in [0.1, 0.15) is 5.82 Å². The van der Waals surface area contributed by atoms with Gasteiger partial charge in [-0.1, -0.05) is 72.4 Å². The smallest absolute Gasteiger partial charge is 0.319 e. The molecule has 0 radical (unpaired) electrons. The first-order valence-corrected chi connectivity index (χ1v) is 12.8. The van der Waals surface area contributed by atoms with E-state index in [0.717, 1.165) is 29.7 Å². The Hall–Kier alpha value is -2.60. The molecule has 7 heteroatoms. The van der Waals surface area contributed by atoms with E-state index < -0.39 is 0 Å². The Balaban J connectivity index is 1.40. The van der Waals surface area contributed by atoms with Gasteiger partial charge >= 0.3 is 6.03 Å². The van der Waals surface area contributed by atoms with E-state index in [4.69, 9.17) is 23.2 Å². The van der Waals surface area contributed by atoms with Crippen LogP contribution in [0.3, 0.4) is 0 Å². The predicted molar refractivity (Wildman–Crippen MR) is 143 cm³/mol. The summed E-state index contributed by atoms with van der Waals surface area (Å²) >= 11 is 12.1. The number of carbonyl (C=O) groups is 1. The average Bonchev–Trinajstić information content (AvgIpc) is 3.35. The van der Waals surface area contributed by atoms with Crippen LogP contribution in [0.25, 0.3) is 11.1 Å². The summed E-state index contributed by atoms with van der Waals surface area (Å²) in [7, 11) is 0. The minimum absolute atomic E-state index is 0.139. The summed E-state index contributed by atoms with van der Waals surface area (Å²) in [4.78, 5) is 12.6. The van der Waals surface area contributed by atoms with E-state index in [9.17, 15) is 9.18 Å². The maximum absolute atomic E-state index is 13.3. The van der Waals surface area contributed by atoms with Crippen LogP contribution in [0.2, 0.25) is 10.0 Å². The summed E-state index contributed by atoms with van der Waals surface area (Å²) in [5.74, 6) is -0.107. The molecule has 3 aromatic carbocycles. The van der Waals surface area contributed by atoms with Crippen molar-refractivity contribution in [3.8, 4) is 11.1 Å². The molecule has 4 rings (SSSR count). The first kappa shape index (κ1) is 25.5. The van der Waals surface area contributed by atoms with Gasteiger partial charge in [-0.3, -0.25) is 0 Å². The van der Waals surface area contributed by atoms with Crippen molar-refractivity contribution in [1.82, 2.24) is 10.6 Å². The average molecular weight is 514 g/mol. The number of rotatable bonds is 9. The lowest BCUT2D eigenvalue weighted by Crippen LogP contribution is -2.34. The van der Waals surface area contributed by atoms with Gasteiger partial charge in [0.15, 0.2) is 0 Å². The van der Waals surface area contributed by atoms with Crippen molar-refractivity contribution in [2.45, 2.75) is 44.1 Å². The fourth-order valence-electron chi connectivity index (χ4n) is 4.59. The van der Waals surface area contributed by atoms with Gasteiger partial charge in [0.25, 0.3) is 0 Å². The summed E-state index contributed by atoms with van der Waals surface area (Å²) in [5.41, 5.74) is 3.69. The molecule has 3 N–H and O–H groups in total. The standard InChI is InChI=1S/C28H30Cl2FN3O/c29-23-15-24(30)17-27(16-23)34-28(35)33-18-22(13-14-32-26-3-1-2-4-26)21-7-5-19(6-8-21)20-9-11-25(31)12-10-20/h5-12,15-17,22,26,32H,1-4,13-14,18H2,(H2,33,34,35). The maximum atomic E-state index is 13.3. The van der Waals surface area contributed by atoms with Gasteiger partial charge < -0.3 is 16.0 Å². The molecule has 3 aromatic rings. The number of carbonyl (C=O) groups excluding carboxylic acids is 1. The molecule has 1 aliphatic carbocycles. The van der Waals surface area contributed by atoms with Crippen molar-refractivity contribution < 1.29 is 9.18 Å². The quantitative estimate of drug-likeness (QED) is 0.275. The van der Waals surface area contributed by atoms with Gasteiger partial charge in [-0.2, -0.15) is 0 Å². The molecule has 0 heterocycles. The summed E-state index contributed by atoms with van der Waals surface area (Å²) in [5, 5.41) is 10.4. The summed E-state index contributed by atoms with van der Waals surface area (Å²) in [6, 6.07) is 20.0. The molecular formula is C28H30Cl2FN3O. The van der Waals surface area contributed by atoms with Crippen molar-refractivity contribution in [2.75, 3.05) is 18.4 Å². The molecular weight excluding hydrogens is 484 g/mol. The highest BCUT2D eigenvalue weighted by molar-refractivity contribution is 6.35. The third-order valence-electron chi connectivity index (χ3n) is 6.47. The first-order chi connectivity index (χ1) is 17.0. The minimum Gasteiger partial charge on any atom is -0.337 e. The second-order valence-electron chi connectivity index (χ2n) is 9.04. The Bertz CT molecular complexity index is 1100. The number of amides is 2.